The molecule has 1 aliphatic heterocycles. The van der Waals surface area contributed by atoms with Crippen molar-refractivity contribution >= 4 is 49.9 Å². The number of aromatic nitrogens is 4. The van der Waals surface area contributed by atoms with Crippen molar-refractivity contribution in [3.05, 3.63) is 71.8 Å². The molecule has 1 unspecified atom stereocenters. The van der Waals surface area contributed by atoms with Crippen molar-refractivity contribution in [2.24, 2.45) is 0 Å². The van der Waals surface area contributed by atoms with Gasteiger partial charge in [0.2, 0.25) is 27.2 Å². The summed E-state index contributed by atoms with van der Waals surface area (Å²) in [6.07, 6.45) is 2.23. The number of nitrogens with zero attached hydrogens (tertiary/aromatic N) is 5. The first-order valence-corrected chi connectivity index (χ1v) is 13.5. The van der Waals surface area contributed by atoms with Crippen LogP contribution in [0.25, 0.3) is 0 Å². The van der Waals surface area contributed by atoms with Gasteiger partial charge in [0.15, 0.2) is 0 Å². The van der Waals surface area contributed by atoms with Crippen LogP contribution in [0.4, 0.5) is 15.4 Å². The Labute approximate surface area is 221 Å². The predicted molar refractivity (Wildman–Crippen MR) is 143 cm³/mol. The molecule has 2 aromatic heterocycles. The molecule has 1 fully saturated rings. The summed E-state index contributed by atoms with van der Waals surface area (Å²) < 4.78 is 6.06. The molecule has 5 rings (SSSR count). The van der Waals surface area contributed by atoms with Crippen LogP contribution in [0.2, 0.25) is 0 Å². The zero-order valence-corrected chi connectivity index (χ0v) is 21.5. The summed E-state index contributed by atoms with van der Waals surface area (Å²) in [5.74, 6) is -0.280. The molecule has 0 aliphatic carbocycles. The van der Waals surface area contributed by atoms with Gasteiger partial charge in [0.05, 0.1) is 19.4 Å². The van der Waals surface area contributed by atoms with E-state index in [0.29, 0.717) is 22.0 Å². The van der Waals surface area contributed by atoms with Crippen LogP contribution in [-0.2, 0) is 22.4 Å². The molecule has 12 heteroatoms. The maximum Gasteiger partial charge on any atom is 0.296 e. The van der Waals surface area contributed by atoms with Gasteiger partial charge in [-0.25, -0.2) is 0 Å². The number of carbonyl (C=O) groups excluding carboxylic acids is 2. The first-order valence-electron chi connectivity index (χ1n) is 11.9. The summed E-state index contributed by atoms with van der Waals surface area (Å²) in [4.78, 5) is 26.7. The number of anilines is 3. The molecule has 190 valence electrons. The number of benzene rings is 2. The minimum absolute atomic E-state index is 0.102. The number of piperidine rings is 1. The summed E-state index contributed by atoms with van der Waals surface area (Å²) in [5, 5.41) is 24.1. The smallest absolute Gasteiger partial charge is 0.296 e. The van der Waals surface area contributed by atoms with Gasteiger partial charge >= 0.3 is 0 Å². The molecule has 10 nitrogen and oxygen atoms in total. The number of nitrogens with one attached hydrogen (secondary N) is 2. The van der Waals surface area contributed by atoms with Crippen molar-refractivity contribution < 1.29 is 14.3 Å². The lowest BCUT2D eigenvalue weighted by molar-refractivity contribution is -0.116. The Kier molecular flexibility index (Phi) is 7.96. The zero-order valence-electron chi connectivity index (χ0n) is 19.9. The minimum Gasteiger partial charge on any atom is -0.464 e. The number of amides is 2. The molecule has 2 aromatic carbocycles. The van der Waals surface area contributed by atoms with Crippen molar-refractivity contribution in [3.8, 4) is 5.19 Å². The summed E-state index contributed by atoms with van der Waals surface area (Å²) in [6.45, 7) is 1.44. The van der Waals surface area contributed by atoms with E-state index in [9.17, 15) is 9.59 Å². The average molecular weight is 536 g/mol. The molecule has 3 heterocycles. The van der Waals surface area contributed by atoms with Crippen molar-refractivity contribution in [2.45, 2.75) is 31.8 Å². The van der Waals surface area contributed by atoms with Gasteiger partial charge in [-0.2, -0.15) is 0 Å². The van der Waals surface area contributed by atoms with Crippen molar-refractivity contribution in [1.29, 1.82) is 0 Å². The molecule has 2 N–H and O–H groups in total. The van der Waals surface area contributed by atoms with Crippen molar-refractivity contribution in [2.75, 3.05) is 28.6 Å². The lowest BCUT2D eigenvalue weighted by atomic mass is 10.1. The monoisotopic (exact) mass is 535 g/mol. The van der Waals surface area contributed by atoms with Crippen LogP contribution in [-0.4, -0.2) is 51.4 Å². The minimum atomic E-state index is -0.152. The largest absolute Gasteiger partial charge is 0.464 e. The van der Waals surface area contributed by atoms with Crippen molar-refractivity contribution in [3.63, 3.8) is 0 Å². The van der Waals surface area contributed by atoms with Gasteiger partial charge in [0, 0.05) is 6.54 Å². The van der Waals surface area contributed by atoms with Crippen LogP contribution >= 0.6 is 22.7 Å². The quantitative estimate of drug-likeness (QED) is 0.332. The van der Waals surface area contributed by atoms with Crippen LogP contribution in [0.1, 0.15) is 24.0 Å². The predicted octanol–water partition coefficient (Wildman–Crippen LogP) is 3.80. The first kappa shape index (κ1) is 24.8. The maximum absolute atomic E-state index is 12.3. The lowest BCUT2D eigenvalue weighted by Crippen LogP contribution is -2.41. The van der Waals surface area contributed by atoms with E-state index in [1.807, 2.05) is 60.7 Å². The first-order chi connectivity index (χ1) is 18.1. The Hall–Kier alpha value is -3.90. The summed E-state index contributed by atoms with van der Waals surface area (Å²) in [6, 6.07) is 19.1. The Bertz CT molecular complexity index is 1330. The van der Waals surface area contributed by atoms with Gasteiger partial charge < -0.3 is 20.3 Å². The van der Waals surface area contributed by atoms with Gasteiger partial charge in [-0.1, -0.05) is 77.1 Å². The topological polar surface area (TPSA) is 122 Å². The van der Waals surface area contributed by atoms with Crippen LogP contribution in [0.15, 0.2) is 60.7 Å². The zero-order chi connectivity index (χ0) is 25.5. The second-order valence-electron chi connectivity index (χ2n) is 8.51. The van der Waals surface area contributed by atoms with E-state index < -0.39 is 0 Å². The third kappa shape index (κ3) is 7.08. The van der Waals surface area contributed by atoms with E-state index in [2.05, 4.69) is 35.9 Å². The summed E-state index contributed by atoms with van der Waals surface area (Å²) in [7, 11) is 0. The maximum atomic E-state index is 12.3. The highest BCUT2D eigenvalue weighted by Crippen LogP contribution is 2.29. The third-order valence-electron chi connectivity index (χ3n) is 5.64. The van der Waals surface area contributed by atoms with E-state index >= 15 is 0 Å². The van der Waals surface area contributed by atoms with Crippen LogP contribution in [0, 0.1) is 0 Å². The van der Waals surface area contributed by atoms with E-state index in [0.717, 1.165) is 35.6 Å². The van der Waals surface area contributed by atoms with Crippen LogP contribution < -0.4 is 20.3 Å². The fraction of sp³-hybridized carbons (Fsp3) is 0.280. The van der Waals surface area contributed by atoms with Crippen molar-refractivity contribution in [1.82, 2.24) is 20.4 Å². The Balaban J connectivity index is 1.11. The van der Waals surface area contributed by atoms with E-state index in [1.54, 1.807) is 0 Å². The van der Waals surface area contributed by atoms with E-state index in [-0.39, 0.29) is 30.8 Å². The number of carbonyl (C=O) groups is 2. The highest BCUT2D eigenvalue weighted by Gasteiger charge is 2.25. The lowest BCUT2D eigenvalue weighted by Gasteiger charge is -2.31. The molecule has 37 heavy (non-hydrogen) atoms. The number of rotatable bonds is 9. The Morgan fingerprint density at radius 1 is 0.838 bits per heavy atom. The molecule has 0 saturated carbocycles. The molecular weight excluding hydrogens is 510 g/mol. The standard InChI is InChI=1S/C25H25N7O3S2/c33-20(14-17-8-3-1-4-9-17)26-22-28-30-24(36-22)32-13-7-12-19(16-32)35-25-31-29-23(37-25)27-21(34)15-18-10-5-2-6-11-18/h1-6,8-11,19H,7,12-16H2,(H,26,28,33)(H,27,29,34). The molecule has 1 aliphatic rings. The van der Waals surface area contributed by atoms with Gasteiger partial charge in [0.1, 0.15) is 6.10 Å². The van der Waals surface area contributed by atoms with Crippen LogP contribution in [0.5, 0.6) is 5.19 Å². The second-order valence-corrected chi connectivity index (χ2v) is 10.4. The molecule has 0 bridgehead atoms. The average Bonchev–Trinajstić information content (AvgIpc) is 3.55. The highest BCUT2D eigenvalue weighted by molar-refractivity contribution is 7.19. The second kappa shape index (κ2) is 11.9. The summed E-state index contributed by atoms with van der Waals surface area (Å²) >= 11 is 2.55. The van der Waals surface area contributed by atoms with Gasteiger partial charge in [-0.05, 0) is 35.3 Å². The van der Waals surface area contributed by atoms with E-state index in [1.165, 1.54) is 22.7 Å². The van der Waals surface area contributed by atoms with Gasteiger partial charge in [-0.3, -0.25) is 9.59 Å². The SMILES string of the molecule is O=C(Cc1ccccc1)Nc1nnc(OC2CCCN(c3nnc(NC(=O)Cc4ccccc4)s3)C2)s1. The molecule has 0 spiro atoms. The molecule has 0 radical (unpaired) electrons. The number of ether oxygens (including phenoxy) is 1. The fourth-order valence-corrected chi connectivity index (χ4v) is 5.42. The molecule has 1 saturated heterocycles. The molecule has 1 atom stereocenters. The summed E-state index contributed by atoms with van der Waals surface area (Å²) in [5.41, 5.74) is 1.87. The molecule has 4 aromatic rings. The van der Waals surface area contributed by atoms with Crippen LogP contribution in [0.3, 0.4) is 0 Å². The number of hydrogen-bond donors (Lipinski definition) is 2. The molecule has 2 amide bonds. The van der Waals surface area contributed by atoms with E-state index in [4.69, 9.17) is 4.74 Å². The third-order valence-corrected chi connectivity index (χ3v) is 7.27. The Morgan fingerprint density at radius 3 is 2.08 bits per heavy atom. The molecular formula is C25H25N7O3S2. The fourth-order valence-electron chi connectivity index (χ4n) is 3.94. The normalized spacial score (nSPS) is 15.2. The Morgan fingerprint density at radius 2 is 1.43 bits per heavy atom. The van der Waals surface area contributed by atoms with Gasteiger partial charge in [0.25, 0.3) is 5.19 Å². The number of hydrogen-bond acceptors (Lipinski definition) is 10. The highest BCUT2D eigenvalue weighted by atomic mass is 32.1. The van der Waals surface area contributed by atoms with Gasteiger partial charge in [-0.15, -0.1) is 15.3 Å².